The molecular formula is C8H14O. The molecule has 0 aromatic carbocycles. The van der Waals surface area contributed by atoms with Crippen LogP contribution >= 0.6 is 0 Å². The Labute approximate surface area is 56.1 Å². The van der Waals surface area contributed by atoms with Gasteiger partial charge in [-0.1, -0.05) is 6.42 Å². The zero-order chi connectivity index (χ0) is 6.27. The topological polar surface area (TPSA) is 20.2 Å². The lowest BCUT2D eigenvalue weighted by Crippen LogP contribution is -2.13. The molecule has 9 heavy (non-hydrogen) atoms. The van der Waals surface area contributed by atoms with E-state index in [1.807, 2.05) is 0 Å². The summed E-state index contributed by atoms with van der Waals surface area (Å²) in [6.07, 6.45) is 5.59. The minimum absolute atomic E-state index is 0.446. The van der Waals surface area contributed by atoms with Crippen molar-refractivity contribution in [1.82, 2.24) is 0 Å². The lowest BCUT2D eigenvalue weighted by Gasteiger charge is -2.18. The molecule has 1 heteroatoms. The number of rotatable bonds is 1. The first-order valence-electron chi connectivity index (χ1n) is 4.01. The average molecular weight is 126 g/mol. The van der Waals surface area contributed by atoms with Crippen LogP contribution in [0.4, 0.5) is 0 Å². The largest absolute Gasteiger partial charge is 0.396 e. The standard InChI is InChI=1S/C8H14O/c9-5-8-4-6-1-2-7(8)3-6/h6-9H,1-5H2/t6-,7-,8+/m0/s1. The Morgan fingerprint density at radius 3 is 2.44 bits per heavy atom. The van der Waals surface area contributed by atoms with E-state index in [1.54, 1.807) is 0 Å². The highest BCUT2D eigenvalue weighted by Crippen LogP contribution is 2.47. The summed E-state index contributed by atoms with van der Waals surface area (Å²) in [5.74, 6) is 2.58. The molecule has 1 nitrogen and oxygen atoms in total. The predicted octanol–water partition coefficient (Wildman–Crippen LogP) is 1.41. The molecule has 0 saturated heterocycles. The van der Waals surface area contributed by atoms with Gasteiger partial charge in [0.1, 0.15) is 0 Å². The lowest BCUT2D eigenvalue weighted by atomic mass is 9.90. The first kappa shape index (κ1) is 5.72. The molecule has 0 aliphatic heterocycles. The van der Waals surface area contributed by atoms with Crippen molar-refractivity contribution in [1.29, 1.82) is 0 Å². The van der Waals surface area contributed by atoms with Crippen LogP contribution in [0, 0.1) is 17.8 Å². The molecule has 0 spiro atoms. The van der Waals surface area contributed by atoms with Gasteiger partial charge in [-0.05, 0) is 37.0 Å². The summed E-state index contributed by atoms with van der Waals surface area (Å²) in [6.45, 7) is 0.446. The van der Waals surface area contributed by atoms with Gasteiger partial charge in [-0.25, -0.2) is 0 Å². The normalized spacial score (nSPS) is 48.3. The minimum atomic E-state index is 0.446. The van der Waals surface area contributed by atoms with Crippen LogP contribution in [-0.2, 0) is 0 Å². The molecule has 2 fully saturated rings. The summed E-state index contributed by atoms with van der Waals surface area (Å²) in [5, 5.41) is 8.89. The Balaban J connectivity index is 2.01. The third-order valence-electron chi connectivity index (χ3n) is 3.12. The molecule has 2 saturated carbocycles. The number of hydrogen-bond acceptors (Lipinski definition) is 1. The molecule has 2 rings (SSSR count). The van der Waals surface area contributed by atoms with Crippen LogP contribution in [0.25, 0.3) is 0 Å². The summed E-state index contributed by atoms with van der Waals surface area (Å²) in [6, 6.07) is 0. The second-order valence-corrected chi connectivity index (χ2v) is 3.62. The number of fused-ring (bicyclic) bond motifs is 2. The van der Waals surface area contributed by atoms with Gasteiger partial charge in [-0.15, -0.1) is 0 Å². The maximum absolute atomic E-state index is 8.89. The van der Waals surface area contributed by atoms with Crippen LogP contribution in [0.5, 0.6) is 0 Å². The van der Waals surface area contributed by atoms with Crippen LogP contribution in [-0.4, -0.2) is 11.7 Å². The molecule has 0 unspecified atom stereocenters. The molecule has 52 valence electrons. The van der Waals surface area contributed by atoms with Crippen molar-refractivity contribution in [3.63, 3.8) is 0 Å². The summed E-state index contributed by atoms with van der Waals surface area (Å²) >= 11 is 0. The number of hydrogen-bond donors (Lipinski definition) is 1. The fourth-order valence-corrected chi connectivity index (χ4v) is 2.60. The quantitative estimate of drug-likeness (QED) is 0.563. The van der Waals surface area contributed by atoms with E-state index in [0.29, 0.717) is 12.5 Å². The molecule has 0 radical (unpaired) electrons. The van der Waals surface area contributed by atoms with E-state index in [0.717, 1.165) is 11.8 Å². The Morgan fingerprint density at radius 1 is 1.22 bits per heavy atom. The van der Waals surface area contributed by atoms with E-state index in [-0.39, 0.29) is 0 Å². The van der Waals surface area contributed by atoms with Gasteiger partial charge in [0.15, 0.2) is 0 Å². The van der Waals surface area contributed by atoms with Gasteiger partial charge in [0.2, 0.25) is 0 Å². The fraction of sp³-hybridized carbons (Fsp3) is 1.00. The summed E-state index contributed by atoms with van der Waals surface area (Å²) in [5.41, 5.74) is 0. The average Bonchev–Trinajstić information content (AvgIpc) is 2.45. The maximum Gasteiger partial charge on any atom is 0.0462 e. The van der Waals surface area contributed by atoms with Gasteiger partial charge in [0.05, 0.1) is 0 Å². The Hall–Kier alpha value is -0.0400. The van der Waals surface area contributed by atoms with E-state index >= 15 is 0 Å². The van der Waals surface area contributed by atoms with E-state index in [9.17, 15) is 0 Å². The maximum atomic E-state index is 8.89. The first-order valence-corrected chi connectivity index (χ1v) is 4.01. The number of aliphatic hydroxyl groups excluding tert-OH is 1. The zero-order valence-corrected chi connectivity index (χ0v) is 5.71. The van der Waals surface area contributed by atoms with Crippen molar-refractivity contribution in [2.45, 2.75) is 25.7 Å². The van der Waals surface area contributed by atoms with Crippen molar-refractivity contribution in [2.24, 2.45) is 17.8 Å². The third kappa shape index (κ3) is 0.787. The summed E-state index contributed by atoms with van der Waals surface area (Å²) in [7, 11) is 0. The van der Waals surface area contributed by atoms with Gasteiger partial charge >= 0.3 is 0 Å². The SMILES string of the molecule is OC[C@H]1C[C@H]2CC[C@H]1C2. The van der Waals surface area contributed by atoms with Gasteiger partial charge < -0.3 is 5.11 Å². The van der Waals surface area contributed by atoms with Crippen LogP contribution < -0.4 is 0 Å². The molecular weight excluding hydrogens is 112 g/mol. The molecule has 1 N–H and O–H groups in total. The highest BCUT2D eigenvalue weighted by molar-refractivity contribution is 4.89. The molecule has 0 heterocycles. The molecule has 2 bridgehead atoms. The van der Waals surface area contributed by atoms with Crippen molar-refractivity contribution < 1.29 is 5.11 Å². The molecule has 3 atom stereocenters. The predicted molar refractivity (Wildman–Crippen MR) is 36.0 cm³/mol. The highest BCUT2D eigenvalue weighted by Gasteiger charge is 2.38. The van der Waals surface area contributed by atoms with Gasteiger partial charge in [0.25, 0.3) is 0 Å². The van der Waals surface area contributed by atoms with E-state index in [1.165, 1.54) is 25.7 Å². The van der Waals surface area contributed by atoms with E-state index in [2.05, 4.69) is 0 Å². The lowest BCUT2D eigenvalue weighted by molar-refractivity contribution is 0.177. The minimum Gasteiger partial charge on any atom is -0.396 e. The van der Waals surface area contributed by atoms with Crippen molar-refractivity contribution in [3.8, 4) is 0 Å². The second kappa shape index (κ2) is 1.98. The fourth-order valence-electron chi connectivity index (χ4n) is 2.60. The van der Waals surface area contributed by atoms with E-state index < -0.39 is 0 Å². The summed E-state index contributed by atoms with van der Waals surface area (Å²) < 4.78 is 0. The first-order chi connectivity index (χ1) is 4.40. The van der Waals surface area contributed by atoms with Gasteiger partial charge in [-0.3, -0.25) is 0 Å². The molecule has 2 aliphatic rings. The smallest absolute Gasteiger partial charge is 0.0462 e. The van der Waals surface area contributed by atoms with Gasteiger partial charge in [-0.2, -0.15) is 0 Å². The second-order valence-electron chi connectivity index (χ2n) is 3.62. The van der Waals surface area contributed by atoms with Crippen molar-refractivity contribution in [3.05, 3.63) is 0 Å². The Bertz CT molecular complexity index is 111. The van der Waals surface area contributed by atoms with Crippen molar-refractivity contribution in [2.75, 3.05) is 6.61 Å². The highest BCUT2D eigenvalue weighted by atomic mass is 16.3. The van der Waals surface area contributed by atoms with Gasteiger partial charge in [0, 0.05) is 6.61 Å². The van der Waals surface area contributed by atoms with Crippen LogP contribution in [0.15, 0.2) is 0 Å². The Morgan fingerprint density at radius 2 is 2.11 bits per heavy atom. The van der Waals surface area contributed by atoms with Crippen molar-refractivity contribution >= 4 is 0 Å². The van der Waals surface area contributed by atoms with E-state index in [4.69, 9.17) is 5.11 Å². The number of aliphatic hydroxyl groups is 1. The monoisotopic (exact) mass is 126 g/mol. The van der Waals surface area contributed by atoms with Crippen LogP contribution in [0.2, 0.25) is 0 Å². The Kier molecular flexibility index (Phi) is 1.26. The molecule has 0 aromatic heterocycles. The third-order valence-corrected chi connectivity index (χ3v) is 3.12. The van der Waals surface area contributed by atoms with Crippen LogP contribution in [0.1, 0.15) is 25.7 Å². The zero-order valence-electron chi connectivity index (χ0n) is 5.71. The molecule has 0 aromatic rings. The molecule has 2 aliphatic carbocycles. The van der Waals surface area contributed by atoms with Crippen LogP contribution in [0.3, 0.4) is 0 Å². The summed E-state index contributed by atoms with van der Waals surface area (Å²) in [4.78, 5) is 0. The molecule has 0 amide bonds.